The Labute approximate surface area is 201 Å². The molecule has 0 unspecified atom stereocenters. The van der Waals surface area contributed by atoms with Crippen molar-refractivity contribution in [2.45, 2.75) is 13.8 Å². The highest BCUT2D eigenvalue weighted by atomic mass is 79.9. The lowest BCUT2D eigenvalue weighted by Gasteiger charge is -2.35. The lowest BCUT2D eigenvalue weighted by molar-refractivity contribution is 0.271. The van der Waals surface area contributed by atoms with Crippen LogP contribution in [0.5, 0.6) is 0 Å². The van der Waals surface area contributed by atoms with Gasteiger partial charge in [0.15, 0.2) is 11.5 Å². The number of hydrogen-bond donors (Lipinski definition) is 2. The number of nitrogens with one attached hydrogen (secondary N) is 2. The molecule has 0 aliphatic carbocycles. The molecule has 4 aromatic rings. The third-order valence-electron chi connectivity index (χ3n) is 5.83. The molecular formula is C24H26BrN7O. The zero-order valence-corrected chi connectivity index (χ0v) is 20.3. The molecule has 1 aliphatic heterocycles. The number of benzene rings is 2. The van der Waals surface area contributed by atoms with Gasteiger partial charge in [0.2, 0.25) is 5.95 Å². The molecule has 0 atom stereocenters. The molecule has 0 saturated carbocycles. The highest BCUT2D eigenvalue weighted by Gasteiger charge is 2.16. The van der Waals surface area contributed by atoms with Crippen molar-refractivity contribution in [3.05, 3.63) is 59.0 Å². The number of fused-ring (bicyclic) bond motifs is 1. The average molecular weight is 508 g/mol. The van der Waals surface area contributed by atoms with Gasteiger partial charge in [-0.3, -0.25) is 0 Å². The molecule has 0 radical (unpaired) electrons. The third kappa shape index (κ3) is 4.79. The van der Waals surface area contributed by atoms with E-state index < -0.39 is 0 Å². The van der Waals surface area contributed by atoms with Gasteiger partial charge < -0.3 is 24.9 Å². The minimum atomic E-state index is 0.508. The molecule has 1 fully saturated rings. The van der Waals surface area contributed by atoms with Gasteiger partial charge in [-0.1, -0.05) is 13.0 Å². The number of aromatic nitrogens is 3. The van der Waals surface area contributed by atoms with Gasteiger partial charge in [0.05, 0.1) is 10.2 Å². The lowest BCUT2D eigenvalue weighted by atomic mass is 10.2. The van der Waals surface area contributed by atoms with Gasteiger partial charge >= 0.3 is 0 Å². The Hall–Kier alpha value is -3.17. The Balaban J connectivity index is 1.30. The van der Waals surface area contributed by atoms with E-state index in [0.29, 0.717) is 17.7 Å². The van der Waals surface area contributed by atoms with E-state index in [1.165, 1.54) is 5.69 Å². The van der Waals surface area contributed by atoms with Gasteiger partial charge in [-0.25, -0.2) is 9.97 Å². The summed E-state index contributed by atoms with van der Waals surface area (Å²) >= 11 is 3.54. The van der Waals surface area contributed by atoms with Crippen LogP contribution >= 0.6 is 15.9 Å². The topological polar surface area (TPSA) is 82.4 Å². The Bertz CT molecular complexity index is 1250. The van der Waals surface area contributed by atoms with E-state index in [2.05, 4.69) is 82.5 Å². The lowest BCUT2D eigenvalue weighted by Crippen LogP contribution is -2.46. The SMILES string of the molecule is CCN1CCN(c2ccc(Nc3ncc(Br)c(Nc4cccc5oc(C)nc45)n3)cc2)CC1. The summed E-state index contributed by atoms with van der Waals surface area (Å²) in [5.74, 6) is 1.78. The molecule has 2 aromatic heterocycles. The first-order valence-electron chi connectivity index (χ1n) is 11.1. The fraction of sp³-hybridized carbons (Fsp3) is 0.292. The molecule has 0 bridgehead atoms. The minimum absolute atomic E-state index is 0.508. The highest BCUT2D eigenvalue weighted by molar-refractivity contribution is 9.10. The van der Waals surface area contributed by atoms with Crippen LogP contribution in [-0.4, -0.2) is 52.6 Å². The number of rotatable bonds is 6. The maximum atomic E-state index is 5.63. The Morgan fingerprint density at radius 3 is 2.55 bits per heavy atom. The molecule has 5 rings (SSSR count). The van der Waals surface area contributed by atoms with Crippen LogP contribution in [0, 0.1) is 6.92 Å². The van der Waals surface area contributed by atoms with Crippen molar-refractivity contribution in [3.63, 3.8) is 0 Å². The summed E-state index contributed by atoms with van der Waals surface area (Å²) in [6.45, 7) is 9.52. The maximum absolute atomic E-state index is 5.63. The van der Waals surface area contributed by atoms with Crippen LogP contribution < -0.4 is 15.5 Å². The summed E-state index contributed by atoms with van der Waals surface area (Å²) in [6, 6.07) is 14.2. The number of para-hydroxylation sites is 1. The zero-order chi connectivity index (χ0) is 22.8. The van der Waals surface area contributed by atoms with Gasteiger partial charge in [0.25, 0.3) is 0 Å². The molecule has 0 amide bonds. The van der Waals surface area contributed by atoms with Crippen LogP contribution in [0.3, 0.4) is 0 Å². The van der Waals surface area contributed by atoms with Gasteiger partial charge in [0.1, 0.15) is 11.3 Å². The van der Waals surface area contributed by atoms with Crippen LogP contribution in [-0.2, 0) is 0 Å². The number of halogens is 1. The number of hydrogen-bond acceptors (Lipinski definition) is 8. The summed E-state index contributed by atoms with van der Waals surface area (Å²) in [4.78, 5) is 18.4. The van der Waals surface area contributed by atoms with Crippen molar-refractivity contribution >= 4 is 55.9 Å². The van der Waals surface area contributed by atoms with E-state index in [1.54, 1.807) is 6.20 Å². The average Bonchev–Trinajstić information content (AvgIpc) is 3.23. The number of nitrogens with zero attached hydrogens (tertiary/aromatic N) is 5. The summed E-state index contributed by atoms with van der Waals surface area (Å²) in [6.07, 6.45) is 1.73. The fourth-order valence-corrected chi connectivity index (χ4v) is 4.30. The Morgan fingerprint density at radius 2 is 1.79 bits per heavy atom. The molecule has 170 valence electrons. The molecule has 1 saturated heterocycles. The molecule has 8 nitrogen and oxygen atoms in total. The number of anilines is 5. The van der Waals surface area contributed by atoms with E-state index in [0.717, 1.165) is 59.7 Å². The van der Waals surface area contributed by atoms with Crippen molar-refractivity contribution in [1.82, 2.24) is 19.9 Å². The normalized spacial score (nSPS) is 14.6. The van der Waals surface area contributed by atoms with Gasteiger partial charge in [-0.2, -0.15) is 4.98 Å². The Morgan fingerprint density at radius 1 is 1.00 bits per heavy atom. The standard InChI is InChI=1S/C24H26BrN7O/c1-3-31-11-13-32(14-12-31)18-9-7-17(8-10-18)28-24-26-15-19(25)23(30-24)29-20-5-4-6-21-22(20)27-16(2)33-21/h4-10,15H,3,11-14H2,1-2H3,(H2,26,28,29,30). The van der Waals surface area contributed by atoms with E-state index in [1.807, 2.05) is 25.1 Å². The minimum Gasteiger partial charge on any atom is -0.441 e. The summed E-state index contributed by atoms with van der Waals surface area (Å²) in [7, 11) is 0. The van der Waals surface area contributed by atoms with Crippen LogP contribution in [0.4, 0.5) is 28.8 Å². The summed E-state index contributed by atoms with van der Waals surface area (Å²) < 4.78 is 6.39. The largest absolute Gasteiger partial charge is 0.441 e. The van der Waals surface area contributed by atoms with Crippen molar-refractivity contribution in [3.8, 4) is 0 Å². The first kappa shape index (κ1) is 21.7. The number of aryl methyl sites for hydroxylation is 1. The maximum Gasteiger partial charge on any atom is 0.229 e. The van der Waals surface area contributed by atoms with Crippen LogP contribution in [0.2, 0.25) is 0 Å². The number of likely N-dealkylation sites (N-methyl/N-ethyl adjacent to an activating group) is 1. The second-order valence-electron chi connectivity index (χ2n) is 7.99. The van der Waals surface area contributed by atoms with Gasteiger partial charge in [-0.05, 0) is 58.9 Å². The van der Waals surface area contributed by atoms with E-state index in [4.69, 9.17) is 4.42 Å². The summed E-state index contributed by atoms with van der Waals surface area (Å²) in [5, 5.41) is 6.65. The zero-order valence-electron chi connectivity index (χ0n) is 18.7. The van der Waals surface area contributed by atoms with Crippen LogP contribution in [0.25, 0.3) is 11.1 Å². The predicted octanol–water partition coefficient (Wildman–Crippen LogP) is 5.32. The van der Waals surface area contributed by atoms with Crippen LogP contribution in [0.15, 0.2) is 57.6 Å². The third-order valence-corrected chi connectivity index (χ3v) is 6.41. The summed E-state index contributed by atoms with van der Waals surface area (Å²) in [5.41, 5.74) is 4.50. The molecule has 0 spiro atoms. The van der Waals surface area contributed by atoms with E-state index in [9.17, 15) is 0 Å². The Kier molecular flexibility index (Phi) is 6.15. The van der Waals surface area contributed by atoms with Crippen molar-refractivity contribution < 1.29 is 4.42 Å². The molecule has 33 heavy (non-hydrogen) atoms. The predicted molar refractivity (Wildman–Crippen MR) is 136 cm³/mol. The fourth-order valence-electron chi connectivity index (χ4n) is 4.01. The van der Waals surface area contributed by atoms with Gasteiger partial charge in [0, 0.05) is 50.7 Å². The molecule has 2 N–H and O–H groups in total. The first-order valence-corrected chi connectivity index (χ1v) is 11.9. The molecule has 3 heterocycles. The second-order valence-corrected chi connectivity index (χ2v) is 8.85. The highest BCUT2D eigenvalue weighted by Crippen LogP contribution is 2.30. The monoisotopic (exact) mass is 507 g/mol. The molecular weight excluding hydrogens is 482 g/mol. The number of piperazine rings is 1. The smallest absolute Gasteiger partial charge is 0.229 e. The van der Waals surface area contributed by atoms with E-state index in [-0.39, 0.29) is 0 Å². The molecule has 2 aromatic carbocycles. The van der Waals surface area contributed by atoms with Crippen molar-refractivity contribution in [2.24, 2.45) is 0 Å². The first-order chi connectivity index (χ1) is 16.1. The molecule has 9 heteroatoms. The second kappa shape index (κ2) is 9.36. The van der Waals surface area contributed by atoms with Gasteiger partial charge in [-0.15, -0.1) is 0 Å². The molecule has 1 aliphatic rings. The quantitative estimate of drug-likeness (QED) is 0.362. The van der Waals surface area contributed by atoms with E-state index >= 15 is 0 Å². The van der Waals surface area contributed by atoms with Crippen molar-refractivity contribution in [2.75, 3.05) is 48.3 Å². The number of oxazole rings is 1. The van der Waals surface area contributed by atoms with Crippen LogP contribution in [0.1, 0.15) is 12.8 Å². The van der Waals surface area contributed by atoms with Crippen molar-refractivity contribution in [1.29, 1.82) is 0 Å².